The molecule has 0 aliphatic rings. The van der Waals surface area contributed by atoms with E-state index < -0.39 is 17.7 Å². The van der Waals surface area contributed by atoms with Gasteiger partial charge in [-0.3, -0.25) is 0 Å². The molecule has 1 unspecified atom stereocenters. The number of hydrogen-bond donors (Lipinski definition) is 1. The molecule has 0 saturated carbocycles. The molecule has 2 rings (SSSR count). The summed E-state index contributed by atoms with van der Waals surface area (Å²) in [5.41, 5.74) is 0.661. The van der Waals surface area contributed by atoms with Gasteiger partial charge in [0.15, 0.2) is 11.5 Å². The molecular weight excluding hydrogens is 278 g/mol. The van der Waals surface area contributed by atoms with Crippen molar-refractivity contribution in [2.75, 3.05) is 14.2 Å². The Morgan fingerprint density at radius 3 is 2.33 bits per heavy atom. The summed E-state index contributed by atoms with van der Waals surface area (Å²) in [4.78, 5) is 0. The molecule has 112 valence electrons. The molecule has 0 bridgehead atoms. The van der Waals surface area contributed by atoms with Crippen LogP contribution in [-0.4, -0.2) is 19.3 Å². The molecule has 0 saturated heterocycles. The zero-order valence-electron chi connectivity index (χ0n) is 11.8. The topological polar surface area (TPSA) is 38.7 Å². The van der Waals surface area contributed by atoms with E-state index in [1.807, 2.05) is 0 Å². The van der Waals surface area contributed by atoms with Crippen molar-refractivity contribution in [3.63, 3.8) is 0 Å². The Balaban J connectivity index is 2.28. The Kier molecular flexibility index (Phi) is 4.75. The molecule has 0 spiro atoms. The van der Waals surface area contributed by atoms with Gasteiger partial charge in [-0.05, 0) is 23.8 Å². The first kappa shape index (κ1) is 15.3. The molecule has 2 aromatic rings. The standard InChI is InChI=1S/C16H16F2O3/c1-20-15-8-12(13(18)9-16(15)21-2)14(19)7-10-4-3-5-11(17)6-10/h3-6,8-9,14,19H,7H2,1-2H3. The van der Waals surface area contributed by atoms with Gasteiger partial charge in [-0.2, -0.15) is 0 Å². The van der Waals surface area contributed by atoms with E-state index in [0.717, 1.165) is 6.07 Å². The van der Waals surface area contributed by atoms with Crippen LogP contribution in [0.2, 0.25) is 0 Å². The summed E-state index contributed by atoms with van der Waals surface area (Å²) >= 11 is 0. The highest BCUT2D eigenvalue weighted by Gasteiger charge is 2.18. The van der Waals surface area contributed by atoms with Gasteiger partial charge in [0.2, 0.25) is 0 Å². The van der Waals surface area contributed by atoms with Crippen LogP contribution in [0, 0.1) is 11.6 Å². The summed E-state index contributed by atoms with van der Waals surface area (Å²) in [7, 11) is 2.83. The van der Waals surface area contributed by atoms with Gasteiger partial charge in [-0.25, -0.2) is 8.78 Å². The molecule has 21 heavy (non-hydrogen) atoms. The van der Waals surface area contributed by atoms with Gasteiger partial charge in [0.1, 0.15) is 11.6 Å². The van der Waals surface area contributed by atoms with Crippen molar-refractivity contribution in [3.05, 3.63) is 59.2 Å². The maximum atomic E-state index is 14.0. The van der Waals surface area contributed by atoms with Gasteiger partial charge in [0, 0.05) is 18.1 Å². The molecule has 0 fully saturated rings. The van der Waals surface area contributed by atoms with Crippen molar-refractivity contribution < 1.29 is 23.4 Å². The van der Waals surface area contributed by atoms with Crippen molar-refractivity contribution in [3.8, 4) is 11.5 Å². The molecule has 2 aromatic carbocycles. The Hall–Kier alpha value is -2.14. The fourth-order valence-electron chi connectivity index (χ4n) is 2.12. The molecule has 0 aliphatic heterocycles. The molecule has 0 amide bonds. The molecule has 1 atom stereocenters. The number of halogens is 2. The molecule has 0 aliphatic carbocycles. The first-order valence-electron chi connectivity index (χ1n) is 6.39. The summed E-state index contributed by atoms with van der Waals surface area (Å²) in [5, 5.41) is 10.2. The average Bonchev–Trinajstić information content (AvgIpc) is 2.46. The van der Waals surface area contributed by atoms with Gasteiger partial charge in [-0.1, -0.05) is 12.1 Å². The lowest BCUT2D eigenvalue weighted by Gasteiger charge is -2.15. The molecule has 0 heterocycles. The molecule has 3 nitrogen and oxygen atoms in total. The largest absolute Gasteiger partial charge is 0.493 e. The Morgan fingerprint density at radius 1 is 1.05 bits per heavy atom. The minimum Gasteiger partial charge on any atom is -0.493 e. The van der Waals surface area contributed by atoms with Crippen molar-refractivity contribution >= 4 is 0 Å². The van der Waals surface area contributed by atoms with E-state index in [1.165, 1.54) is 32.4 Å². The van der Waals surface area contributed by atoms with E-state index >= 15 is 0 Å². The Bertz CT molecular complexity index is 629. The average molecular weight is 294 g/mol. The fourth-order valence-corrected chi connectivity index (χ4v) is 2.12. The maximum absolute atomic E-state index is 14.0. The molecule has 0 radical (unpaired) electrons. The van der Waals surface area contributed by atoms with Gasteiger partial charge in [0.05, 0.1) is 20.3 Å². The van der Waals surface area contributed by atoms with Crippen LogP contribution in [0.25, 0.3) is 0 Å². The number of benzene rings is 2. The highest BCUT2D eigenvalue weighted by atomic mass is 19.1. The predicted octanol–water partition coefficient (Wildman–Crippen LogP) is 3.26. The van der Waals surface area contributed by atoms with E-state index in [4.69, 9.17) is 9.47 Å². The SMILES string of the molecule is COc1cc(F)c(C(O)Cc2cccc(F)c2)cc1OC. The fraction of sp³-hybridized carbons (Fsp3) is 0.250. The van der Waals surface area contributed by atoms with E-state index in [2.05, 4.69) is 0 Å². The van der Waals surface area contributed by atoms with Gasteiger partial charge in [-0.15, -0.1) is 0 Å². The van der Waals surface area contributed by atoms with Gasteiger partial charge >= 0.3 is 0 Å². The normalized spacial score (nSPS) is 12.0. The summed E-state index contributed by atoms with van der Waals surface area (Å²) in [6.45, 7) is 0. The first-order valence-corrected chi connectivity index (χ1v) is 6.39. The summed E-state index contributed by atoms with van der Waals surface area (Å²) < 4.78 is 37.2. The maximum Gasteiger partial charge on any atom is 0.163 e. The highest BCUT2D eigenvalue weighted by Crippen LogP contribution is 2.33. The predicted molar refractivity (Wildman–Crippen MR) is 74.6 cm³/mol. The summed E-state index contributed by atoms with van der Waals surface area (Å²) in [6, 6.07) is 8.38. The van der Waals surface area contributed by atoms with Gasteiger partial charge < -0.3 is 14.6 Å². The number of hydrogen-bond acceptors (Lipinski definition) is 3. The quantitative estimate of drug-likeness (QED) is 0.920. The third kappa shape index (κ3) is 3.49. The molecule has 5 heteroatoms. The van der Waals surface area contributed by atoms with E-state index in [-0.39, 0.29) is 17.7 Å². The zero-order chi connectivity index (χ0) is 15.4. The third-order valence-corrected chi connectivity index (χ3v) is 3.18. The third-order valence-electron chi connectivity index (χ3n) is 3.18. The smallest absolute Gasteiger partial charge is 0.163 e. The molecule has 0 aromatic heterocycles. The van der Waals surface area contributed by atoms with Crippen LogP contribution in [0.4, 0.5) is 8.78 Å². The lowest BCUT2D eigenvalue weighted by molar-refractivity contribution is 0.172. The number of ether oxygens (including phenoxy) is 2. The number of aliphatic hydroxyl groups excluding tert-OH is 1. The Labute approximate surface area is 121 Å². The van der Waals surface area contributed by atoms with Crippen molar-refractivity contribution in [2.24, 2.45) is 0 Å². The monoisotopic (exact) mass is 294 g/mol. The zero-order valence-corrected chi connectivity index (χ0v) is 11.8. The van der Waals surface area contributed by atoms with Crippen LogP contribution in [0.5, 0.6) is 11.5 Å². The van der Waals surface area contributed by atoms with Crippen LogP contribution in [0.15, 0.2) is 36.4 Å². The van der Waals surface area contributed by atoms with E-state index in [9.17, 15) is 13.9 Å². The summed E-state index contributed by atoms with van der Waals surface area (Å²) in [6.07, 6.45) is -1.00. The minimum atomic E-state index is -1.10. The van der Waals surface area contributed by atoms with Crippen LogP contribution >= 0.6 is 0 Å². The van der Waals surface area contributed by atoms with Gasteiger partial charge in [0.25, 0.3) is 0 Å². The minimum absolute atomic E-state index is 0.0805. The van der Waals surface area contributed by atoms with Crippen LogP contribution < -0.4 is 9.47 Å². The molecular formula is C16H16F2O3. The Morgan fingerprint density at radius 2 is 1.71 bits per heavy atom. The second kappa shape index (κ2) is 6.54. The van der Waals surface area contributed by atoms with E-state index in [0.29, 0.717) is 11.3 Å². The first-order chi connectivity index (χ1) is 10.0. The van der Waals surface area contributed by atoms with Crippen molar-refractivity contribution in [1.29, 1.82) is 0 Å². The second-order valence-corrected chi connectivity index (χ2v) is 4.58. The highest BCUT2D eigenvalue weighted by molar-refractivity contribution is 5.44. The number of rotatable bonds is 5. The van der Waals surface area contributed by atoms with E-state index in [1.54, 1.807) is 12.1 Å². The number of aliphatic hydroxyl groups is 1. The van der Waals surface area contributed by atoms with Crippen LogP contribution in [0.3, 0.4) is 0 Å². The lowest BCUT2D eigenvalue weighted by atomic mass is 10.0. The van der Waals surface area contributed by atoms with Crippen molar-refractivity contribution in [2.45, 2.75) is 12.5 Å². The molecule has 1 N–H and O–H groups in total. The number of methoxy groups -OCH3 is 2. The second-order valence-electron chi connectivity index (χ2n) is 4.58. The van der Waals surface area contributed by atoms with Crippen molar-refractivity contribution in [1.82, 2.24) is 0 Å². The lowest BCUT2D eigenvalue weighted by Crippen LogP contribution is -2.06. The van der Waals surface area contributed by atoms with Crippen LogP contribution in [0.1, 0.15) is 17.2 Å². The van der Waals surface area contributed by atoms with Crippen LogP contribution in [-0.2, 0) is 6.42 Å². The summed E-state index contributed by atoms with van der Waals surface area (Å²) in [5.74, 6) is -0.423.